The van der Waals surface area contributed by atoms with E-state index in [0.29, 0.717) is 16.5 Å². The molecule has 0 spiro atoms. The van der Waals surface area contributed by atoms with E-state index in [9.17, 15) is 5.11 Å². The Morgan fingerprint density at radius 1 is 0.818 bits per heavy atom. The number of aromatic hydroxyl groups is 1. The molecule has 170 valence electrons. The Kier molecular flexibility index (Phi) is 4.40. The minimum absolute atomic E-state index is 0.0573. The van der Waals surface area contributed by atoms with Gasteiger partial charge < -0.3 is 15.6 Å². The van der Waals surface area contributed by atoms with E-state index in [-0.39, 0.29) is 11.2 Å². The number of nitrogen functional groups attached to an aromatic ring is 1. The van der Waals surface area contributed by atoms with Crippen molar-refractivity contribution in [2.45, 2.75) is 57.8 Å². The number of hydrogen-bond donors (Lipinski definition) is 2. The zero-order valence-corrected chi connectivity index (χ0v) is 19.6. The number of benzene rings is 3. The third kappa shape index (κ3) is 3.40. The zero-order valence-electron chi connectivity index (χ0n) is 19.6. The molecular weight excluding hydrogens is 406 g/mol. The van der Waals surface area contributed by atoms with E-state index in [1.807, 2.05) is 42.5 Å². The standard InChI is InChI=1S/C30H33NO2/c1-28-14-20-15-29(2,17-28)19-30(16-20,18-28)23-12-24(31)25(32)13-27(23)33-26-11-7-6-10-22(26)21-8-4-3-5-9-21/h3-13,20,32H,14-19,31H2,1-2H3. The molecule has 3 nitrogen and oxygen atoms in total. The Labute approximate surface area is 196 Å². The molecule has 2 unspecified atom stereocenters. The highest BCUT2D eigenvalue weighted by Gasteiger charge is 2.61. The van der Waals surface area contributed by atoms with Crippen LogP contribution in [0.3, 0.4) is 0 Å². The van der Waals surface area contributed by atoms with Crippen molar-refractivity contribution in [1.82, 2.24) is 0 Å². The predicted octanol–water partition coefficient (Wildman–Crippen LogP) is 7.68. The molecule has 2 atom stereocenters. The van der Waals surface area contributed by atoms with Gasteiger partial charge in [0.15, 0.2) is 0 Å². The molecule has 0 heterocycles. The fourth-order valence-corrected chi connectivity index (χ4v) is 8.36. The second kappa shape index (κ2) is 7.03. The monoisotopic (exact) mass is 439 g/mol. The SMILES string of the molecule is CC12CC3CC(C)(C1)CC(c1cc(N)c(O)cc1Oc1ccccc1-c1ccccc1)(C3)C2. The first-order valence-corrected chi connectivity index (χ1v) is 12.2. The van der Waals surface area contributed by atoms with Gasteiger partial charge in [0.2, 0.25) is 0 Å². The first-order valence-electron chi connectivity index (χ1n) is 12.2. The number of phenols is 1. The maximum atomic E-state index is 10.6. The highest BCUT2D eigenvalue weighted by Crippen LogP contribution is 2.70. The van der Waals surface area contributed by atoms with E-state index in [1.54, 1.807) is 6.07 Å². The van der Waals surface area contributed by atoms with Crippen LogP contribution in [0.15, 0.2) is 66.7 Å². The maximum absolute atomic E-state index is 10.6. The van der Waals surface area contributed by atoms with Crippen LogP contribution >= 0.6 is 0 Å². The van der Waals surface area contributed by atoms with Crippen molar-refractivity contribution < 1.29 is 9.84 Å². The van der Waals surface area contributed by atoms with Crippen LogP contribution in [0.2, 0.25) is 0 Å². The molecular formula is C30H33NO2. The second-order valence-electron chi connectivity index (χ2n) is 11.8. The lowest BCUT2D eigenvalue weighted by Gasteiger charge is -2.65. The summed E-state index contributed by atoms with van der Waals surface area (Å²) in [5.74, 6) is 2.40. The van der Waals surface area contributed by atoms with Crippen LogP contribution in [-0.4, -0.2) is 5.11 Å². The summed E-state index contributed by atoms with van der Waals surface area (Å²) in [7, 11) is 0. The molecule has 0 radical (unpaired) electrons. The van der Waals surface area contributed by atoms with Gasteiger partial charge in [0, 0.05) is 22.6 Å². The number of nitrogens with two attached hydrogens (primary N) is 1. The lowest BCUT2D eigenvalue weighted by Crippen LogP contribution is -2.56. The second-order valence-corrected chi connectivity index (χ2v) is 11.8. The van der Waals surface area contributed by atoms with Crippen LogP contribution in [0.25, 0.3) is 11.1 Å². The molecule has 0 aromatic heterocycles. The summed E-state index contributed by atoms with van der Waals surface area (Å²) < 4.78 is 6.67. The molecule has 4 aliphatic rings. The Bertz CT molecular complexity index is 1200. The smallest absolute Gasteiger partial charge is 0.142 e. The number of anilines is 1. The first-order chi connectivity index (χ1) is 15.8. The van der Waals surface area contributed by atoms with Gasteiger partial charge in [0.1, 0.15) is 17.2 Å². The number of rotatable bonds is 4. The molecule has 0 aliphatic heterocycles. The Morgan fingerprint density at radius 3 is 2.18 bits per heavy atom. The van der Waals surface area contributed by atoms with Gasteiger partial charge in [-0.05, 0) is 73.0 Å². The molecule has 4 bridgehead atoms. The molecule has 4 saturated carbocycles. The van der Waals surface area contributed by atoms with Crippen molar-refractivity contribution in [3.63, 3.8) is 0 Å². The highest BCUT2D eigenvalue weighted by atomic mass is 16.5. The van der Waals surface area contributed by atoms with Crippen molar-refractivity contribution in [2.75, 3.05) is 5.73 Å². The molecule has 3 N–H and O–H groups in total. The molecule has 3 aromatic rings. The Balaban J connectivity index is 1.47. The lowest BCUT2D eigenvalue weighted by molar-refractivity contribution is -0.110. The van der Waals surface area contributed by atoms with Gasteiger partial charge in [-0.15, -0.1) is 0 Å². The highest BCUT2D eigenvalue weighted by molar-refractivity contribution is 5.71. The van der Waals surface area contributed by atoms with E-state index in [2.05, 4.69) is 32.0 Å². The third-order valence-corrected chi connectivity index (χ3v) is 8.52. The van der Waals surface area contributed by atoms with E-state index in [4.69, 9.17) is 10.5 Å². The number of hydrogen-bond acceptors (Lipinski definition) is 3. The van der Waals surface area contributed by atoms with Gasteiger partial charge in [-0.2, -0.15) is 0 Å². The van der Waals surface area contributed by atoms with Crippen LogP contribution in [-0.2, 0) is 5.41 Å². The number of phenolic OH excluding ortho intramolecular Hbond substituents is 1. The molecule has 33 heavy (non-hydrogen) atoms. The minimum Gasteiger partial charge on any atom is -0.506 e. The topological polar surface area (TPSA) is 55.5 Å². The summed E-state index contributed by atoms with van der Waals surface area (Å²) in [5, 5.41) is 10.6. The van der Waals surface area contributed by atoms with Gasteiger partial charge in [-0.3, -0.25) is 0 Å². The molecule has 3 heteroatoms. The molecule has 0 saturated heterocycles. The fourth-order valence-electron chi connectivity index (χ4n) is 8.36. The fraction of sp³-hybridized carbons (Fsp3) is 0.400. The largest absolute Gasteiger partial charge is 0.506 e. The molecule has 4 fully saturated rings. The molecule has 7 rings (SSSR count). The minimum atomic E-state index is 0.0573. The van der Waals surface area contributed by atoms with Crippen LogP contribution in [0.1, 0.15) is 57.9 Å². The molecule has 0 amide bonds. The van der Waals surface area contributed by atoms with E-state index in [1.165, 1.54) is 44.1 Å². The Hall–Kier alpha value is -2.94. The molecule has 4 aliphatic carbocycles. The van der Waals surface area contributed by atoms with Gasteiger partial charge in [0.05, 0.1) is 5.69 Å². The van der Waals surface area contributed by atoms with Crippen molar-refractivity contribution in [2.24, 2.45) is 16.7 Å². The molecule has 3 aromatic carbocycles. The van der Waals surface area contributed by atoms with Crippen molar-refractivity contribution in [1.29, 1.82) is 0 Å². The average Bonchev–Trinajstić information content (AvgIpc) is 2.74. The van der Waals surface area contributed by atoms with E-state index >= 15 is 0 Å². The van der Waals surface area contributed by atoms with Gasteiger partial charge >= 0.3 is 0 Å². The summed E-state index contributed by atoms with van der Waals surface area (Å²) >= 11 is 0. The summed E-state index contributed by atoms with van der Waals surface area (Å²) in [6.45, 7) is 4.97. The average molecular weight is 440 g/mol. The number of para-hydroxylation sites is 1. The predicted molar refractivity (Wildman–Crippen MR) is 134 cm³/mol. The summed E-state index contributed by atoms with van der Waals surface area (Å²) in [6.07, 6.45) is 7.54. The van der Waals surface area contributed by atoms with Crippen molar-refractivity contribution in [3.05, 3.63) is 72.3 Å². The number of ether oxygens (including phenoxy) is 1. The van der Waals surface area contributed by atoms with E-state index in [0.717, 1.165) is 28.5 Å². The first kappa shape index (κ1) is 20.7. The van der Waals surface area contributed by atoms with Crippen LogP contribution < -0.4 is 10.5 Å². The normalized spacial score (nSPS) is 32.1. The van der Waals surface area contributed by atoms with Crippen LogP contribution in [0, 0.1) is 16.7 Å². The van der Waals surface area contributed by atoms with Gasteiger partial charge in [0.25, 0.3) is 0 Å². The maximum Gasteiger partial charge on any atom is 0.142 e. The van der Waals surface area contributed by atoms with Crippen molar-refractivity contribution in [3.8, 4) is 28.4 Å². The lowest BCUT2D eigenvalue weighted by atomic mass is 9.39. The van der Waals surface area contributed by atoms with Gasteiger partial charge in [-0.25, -0.2) is 0 Å². The summed E-state index contributed by atoms with van der Waals surface area (Å²) in [5.41, 5.74) is 10.9. The van der Waals surface area contributed by atoms with E-state index < -0.39 is 0 Å². The summed E-state index contributed by atoms with van der Waals surface area (Å²) in [4.78, 5) is 0. The third-order valence-electron chi connectivity index (χ3n) is 8.52. The van der Waals surface area contributed by atoms with Crippen molar-refractivity contribution >= 4 is 5.69 Å². The van der Waals surface area contributed by atoms with Crippen LogP contribution in [0.5, 0.6) is 17.2 Å². The summed E-state index contributed by atoms with van der Waals surface area (Å²) in [6, 6.07) is 22.2. The Morgan fingerprint density at radius 2 is 1.48 bits per heavy atom. The zero-order chi connectivity index (χ0) is 22.8. The van der Waals surface area contributed by atoms with Crippen LogP contribution in [0.4, 0.5) is 5.69 Å². The van der Waals surface area contributed by atoms with Gasteiger partial charge in [-0.1, -0.05) is 62.4 Å². The quantitative estimate of drug-likeness (QED) is 0.324.